The molecule has 0 unspecified atom stereocenters. The van der Waals surface area contributed by atoms with Gasteiger partial charge in [0.1, 0.15) is 17.2 Å². The van der Waals surface area contributed by atoms with Crippen molar-refractivity contribution >= 4 is 0 Å². The molecule has 5 nitrogen and oxygen atoms in total. The van der Waals surface area contributed by atoms with Crippen molar-refractivity contribution in [3.63, 3.8) is 0 Å². The average molecular weight is 364 g/mol. The van der Waals surface area contributed by atoms with Crippen LogP contribution in [0.15, 0.2) is 54.7 Å². The first kappa shape index (κ1) is 18.7. The van der Waals surface area contributed by atoms with Crippen LogP contribution in [-0.2, 0) is 0 Å². The lowest BCUT2D eigenvalue weighted by molar-refractivity contribution is 0.297. The molecule has 0 fully saturated rings. The van der Waals surface area contributed by atoms with Gasteiger partial charge < -0.3 is 14.2 Å². The van der Waals surface area contributed by atoms with Gasteiger partial charge in [-0.3, -0.25) is 0 Å². The van der Waals surface area contributed by atoms with Crippen LogP contribution in [0, 0.1) is 0 Å². The van der Waals surface area contributed by atoms with Crippen LogP contribution in [0.3, 0.4) is 0 Å². The highest BCUT2D eigenvalue weighted by molar-refractivity contribution is 5.78. The smallest absolute Gasteiger partial charge is 0.232 e. The van der Waals surface area contributed by atoms with E-state index in [1.165, 1.54) is 0 Å². The summed E-state index contributed by atoms with van der Waals surface area (Å²) >= 11 is 0. The minimum atomic E-state index is 0.534. The summed E-state index contributed by atoms with van der Waals surface area (Å²) in [6.07, 6.45) is 3.74. The minimum Gasteiger partial charge on any atom is -0.497 e. The Bertz CT molecular complexity index is 862. The van der Waals surface area contributed by atoms with Crippen molar-refractivity contribution in [1.82, 2.24) is 9.97 Å². The molecule has 3 rings (SSSR count). The molecule has 0 bridgehead atoms. The fourth-order valence-corrected chi connectivity index (χ4v) is 2.67. The zero-order valence-electron chi connectivity index (χ0n) is 15.9. The Morgan fingerprint density at radius 1 is 0.778 bits per heavy atom. The molecular weight excluding hydrogens is 340 g/mol. The van der Waals surface area contributed by atoms with E-state index in [9.17, 15) is 0 Å². The molecule has 0 atom stereocenters. The minimum absolute atomic E-state index is 0.534. The molecule has 140 valence electrons. The molecule has 0 spiro atoms. The predicted octanol–water partition coefficient (Wildman–Crippen LogP) is 5.01. The Kier molecular flexibility index (Phi) is 6.26. The highest BCUT2D eigenvalue weighted by Gasteiger charge is 2.13. The number of nitrogens with zero attached hydrogens (tertiary/aromatic N) is 2. The van der Waals surface area contributed by atoms with Crippen LogP contribution in [0.5, 0.6) is 17.4 Å². The van der Waals surface area contributed by atoms with Gasteiger partial charge in [-0.2, -0.15) is 0 Å². The Labute approximate surface area is 160 Å². The molecule has 0 aliphatic rings. The number of benzene rings is 2. The van der Waals surface area contributed by atoms with E-state index in [2.05, 4.69) is 11.9 Å². The molecule has 2 aromatic carbocycles. The molecule has 0 aliphatic heterocycles. The van der Waals surface area contributed by atoms with Crippen molar-refractivity contribution in [2.75, 3.05) is 20.8 Å². The fraction of sp³-hybridized carbons (Fsp3) is 0.273. The lowest BCUT2D eigenvalue weighted by Gasteiger charge is -2.12. The van der Waals surface area contributed by atoms with E-state index in [1.54, 1.807) is 20.4 Å². The summed E-state index contributed by atoms with van der Waals surface area (Å²) in [5.41, 5.74) is 3.49. The molecule has 0 N–H and O–H groups in total. The first-order valence-corrected chi connectivity index (χ1v) is 9.04. The van der Waals surface area contributed by atoms with Gasteiger partial charge in [0, 0.05) is 11.1 Å². The molecule has 3 aromatic rings. The summed E-state index contributed by atoms with van der Waals surface area (Å²) in [5.74, 6) is 2.14. The second-order valence-electron chi connectivity index (χ2n) is 6.06. The van der Waals surface area contributed by atoms with Crippen LogP contribution in [0.1, 0.15) is 19.8 Å². The van der Waals surface area contributed by atoms with E-state index < -0.39 is 0 Å². The third-order valence-electron chi connectivity index (χ3n) is 4.23. The van der Waals surface area contributed by atoms with Gasteiger partial charge in [0.05, 0.1) is 32.7 Å². The SMILES string of the molecule is CCCCOc1cnc(-c2ccc(OC)cc2)c(-c2ccc(OC)cc2)n1. The number of hydrogen-bond acceptors (Lipinski definition) is 5. The lowest BCUT2D eigenvalue weighted by atomic mass is 10.0. The third kappa shape index (κ3) is 4.56. The van der Waals surface area contributed by atoms with Gasteiger partial charge in [0.15, 0.2) is 0 Å². The predicted molar refractivity (Wildman–Crippen MR) is 106 cm³/mol. The van der Waals surface area contributed by atoms with Crippen LogP contribution in [0.4, 0.5) is 0 Å². The maximum atomic E-state index is 5.76. The first-order chi connectivity index (χ1) is 13.2. The van der Waals surface area contributed by atoms with E-state index in [-0.39, 0.29) is 0 Å². The van der Waals surface area contributed by atoms with Crippen molar-refractivity contribution in [2.45, 2.75) is 19.8 Å². The molecule has 0 amide bonds. The fourth-order valence-electron chi connectivity index (χ4n) is 2.67. The molecule has 1 aromatic heterocycles. The largest absolute Gasteiger partial charge is 0.497 e. The second-order valence-corrected chi connectivity index (χ2v) is 6.06. The van der Waals surface area contributed by atoms with Gasteiger partial charge in [0.25, 0.3) is 0 Å². The van der Waals surface area contributed by atoms with Crippen molar-refractivity contribution in [1.29, 1.82) is 0 Å². The summed E-state index contributed by atoms with van der Waals surface area (Å²) in [6, 6.07) is 15.6. The summed E-state index contributed by atoms with van der Waals surface area (Å²) < 4.78 is 16.3. The summed E-state index contributed by atoms with van der Waals surface area (Å²) in [4.78, 5) is 9.37. The molecule has 0 aliphatic carbocycles. The van der Waals surface area contributed by atoms with Crippen molar-refractivity contribution < 1.29 is 14.2 Å². The van der Waals surface area contributed by atoms with E-state index >= 15 is 0 Å². The normalized spacial score (nSPS) is 10.5. The Balaban J connectivity index is 2.01. The molecule has 0 saturated heterocycles. The van der Waals surface area contributed by atoms with E-state index in [0.29, 0.717) is 12.5 Å². The number of hydrogen-bond donors (Lipinski definition) is 0. The van der Waals surface area contributed by atoms with E-state index in [0.717, 1.165) is 46.9 Å². The Morgan fingerprint density at radius 3 is 1.85 bits per heavy atom. The monoisotopic (exact) mass is 364 g/mol. The summed E-state index contributed by atoms with van der Waals surface area (Å²) in [6.45, 7) is 2.76. The van der Waals surface area contributed by atoms with Gasteiger partial charge in [-0.15, -0.1) is 0 Å². The van der Waals surface area contributed by atoms with Gasteiger partial charge in [-0.25, -0.2) is 9.97 Å². The highest BCUT2D eigenvalue weighted by atomic mass is 16.5. The zero-order valence-corrected chi connectivity index (χ0v) is 15.9. The van der Waals surface area contributed by atoms with Gasteiger partial charge >= 0.3 is 0 Å². The van der Waals surface area contributed by atoms with Gasteiger partial charge in [-0.1, -0.05) is 13.3 Å². The van der Waals surface area contributed by atoms with Crippen LogP contribution in [0.2, 0.25) is 0 Å². The number of methoxy groups -OCH3 is 2. The average Bonchev–Trinajstić information content (AvgIpc) is 2.74. The lowest BCUT2D eigenvalue weighted by Crippen LogP contribution is -2.02. The second kappa shape index (κ2) is 9.03. The van der Waals surface area contributed by atoms with E-state index in [4.69, 9.17) is 19.2 Å². The standard InChI is InChI=1S/C22H24N2O3/c1-4-5-14-27-20-15-23-21(16-6-10-18(25-2)11-7-16)22(24-20)17-8-12-19(26-3)13-9-17/h6-13,15H,4-5,14H2,1-3H3. The topological polar surface area (TPSA) is 53.5 Å². The molecule has 0 radical (unpaired) electrons. The molecule has 5 heteroatoms. The van der Waals surface area contributed by atoms with E-state index in [1.807, 2.05) is 48.5 Å². The van der Waals surface area contributed by atoms with Crippen molar-refractivity contribution in [3.8, 4) is 39.9 Å². The van der Waals surface area contributed by atoms with Crippen LogP contribution >= 0.6 is 0 Å². The summed E-state index contributed by atoms with van der Waals surface area (Å²) in [5, 5.41) is 0. The molecule has 0 saturated carbocycles. The Morgan fingerprint density at radius 2 is 1.33 bits per heavy atom. The zero-order chi connectivity index (χ0) is 19.1. The number of unbranched alkanes of at least 4 members (excludes halogenated alkanes) is 1. The van der Waals surface area contributed by atoms with Crippen LogP contribution in [0.25, 0.3) is 22.5 Å². The molecule has 1 heterocycles. The number of ether oxygens (including phenoxy) is 3. The maximum absolute atomic E-state index is 5.76. The highest BCUT2D eigenvalue weighted by Crippen LogP contribution is 2.32. The molecular formula is C22H24N2O3. The van der Waals surface area contributed by atoms with Gasteiger partial charge in [-0.05, 0) is 55.0 Å². The number of aromatic nitrogens is 2. The summed E-state index contributed by atoms with van der Waals surface area (Å²) in [7, 11) is 3.31. The van der Waals surface area contributed by atoms with Crippen molar-refractivity contribution in [2.24, 2.45) is 0 Å². The first-order valence-electron chi connectivity index (χ1n) is 9.04. The number of rotatable bonds is 8. The van der Waals surface area contributed by atoms with Gasteiger partial charge in [0.2, 0.25) is 5.88 Å². The Hall–Kier alpha value is -3.08. The third-order valence-corrected chi connectivity index (χ3v) is 4.23. The maximum Gasteiger partial charge on any atom is 0.232 e. The van der Waals surface area contributed by atoms with Crippen LogP contribution in [-0.4, -0.2) is 30.8 Å². The quantitative estimate of drug-likeness (QED) is 0.526. The van der Waals surface area contributed by atoms with Crippen molar-refractivity contribution in [3.05, 3.63) is 54.7 Å². The molecule has 27 heavy (non-hydrogen) atoms. The van der Waals surface area contributed by atoms with Crippen LogP contribution < -0.4 is 14.2 Å².